The first kappa shape index (κ1) is 30.2. The second kappa shape index (κ2) is 12.4. The molecule has 6 aromatic rings. The highest BCUT2D eigenvalue weighted by Gasteiger charge is 2.21. The molecule has 1 aliphatic carbocycles. The van der Waals surface area contributed by atoms with Gasteiger partial charge in [0.1, 0.15) is 5.82 Å². The van der Waals surface area contributed by atoms with E-state index in [9.17, 15) is 13.2 Å². The first-order chi connectivity index (χ1) is 22.7. The van der Waals surface area contributed by atoms with Gasteiger partial charge in [-0.15, -0.1) is 5.10 Å². The Labute approximate surface area is 272 Å². The molecule has 1 aliphatic rings. The smallest absolute Gasteiger partial charge is 0.233 e. The molecule has 2 N–H and O–H groups in total. The SMILES string of the molecule is Cc1cc(-c2ccccc2)cc2c1nc(CCC(=O)NS(C)(=O)=O)n2Cc1ccc2c(c1)CCc1ccccc1/C2=C\c1nnn[nH]1. The molecule has 11 heteroatoms. The molecule has 236 valence electrons. The molecule has 0 radical (unpaired) electrons. The Morgan fingerprint density at radius 2 is 1.70 bits per heavy atom. The van der Waals surface area contributed by atoms with Crippen LogP contribution < -0.4 is 4.72 Å². The zero-order chi connectivity index (χ0) is 32.5. The van der Waals surface area contributed by atoms with Gasteiger partial charge in [0.2, 0.25) is 15.9 Å². The highest BCUT2D eigenvalue weighted by molar-refractivity contribution is 7.89. The molecule has 2 aromatic heterocycles. The molecule has 2 heterocycles. The third kappa shape index (κ3) is 6.48. The predicted molar refractivity (Wildman–Crippen MR) is 182 cm³/mol. The summed E-state index contributed by atoms with van der Waals surface area (Å²) >= 11 is 0. The van der Waals surface area contributed by atoms with E-state index in [1.807, 2.05) is 31.2 Å². The molecule has 0 unspecified atom stereocenters. The van der Waals surface area contributed by atoms with Crippen molar-refractivity contribution in [3.8, 4) is 11.1 Å². The van der Waals surface area contributed by atoms with E-state index in [1.165, 1.54) is 11.1 Å². The van der Waals surface area contributed by atoms with Crippen LogP contribution in [0.1, 0.15) is 51.5 Å². The van der Waals surface area contributed by atoms with Crippen molar-refractivity contribution >= 4 is 38.6 Å². The number of aromatic amines is 1. The van der Waals surface area contributed by atoms with Crippen molar-refractivity contribution in [2.45, 2.75) is 39.2 Å². The molecule has 1 amide bonds. The van der Waals surface area contributed by atoms with Crippen LogP contribution in [0, 0.1) is 6.92 Å². The normalized spacial score (nSPS) is 13.7. The summed E-state index contributed by atoms with van der Waals surface area (Å²) in [5.74, 6) is 0.752. The van der Waals surface area contributed by atoms with Crippen molar-refractivity contribution < 1.29 is 13.2 Å². The van der Waals surface area contributed by atoms with Crippen LogP contribution >= 0.6 is 0 Å². The van der Waals surface area contributed by atoms with E-state index in [0.29, 0.717) is 12.4 Å². The Bertz CT molecular complexity index is 2260. The number of H-pyrrole nitrogens is 1. The van der Waals surface area contributed by atoms with Gasteiger partial charge in [0.25, 0.3) is 0 Å². The van der Waals surface area contributed by atoms with Gasteiger partial charge in [0.15, 0.2) is 5.82 Å². The predicted octanol–water partition coefficient (Wildman–Crippen LogP) is 5.27. The maximum Gasteiger partial charge on any atom is 0.233 e. The zero-order valence-corrected chi connectivity index (χ0v) is 26.9. The van der Waals surface area contributed by atoms with Crippen LogP contribution in [0.25, 0.3) is 33.8 Å². The van der Waals surface area contributed by atoms with Gasteiger partial charge in [-0.25, -0.2) is 18.5 Å². The molecule has 0 saturated heterocycles. The Hall–Kier alpha value is -5.42. The summed E-state index contributed by atoms with van der Waals surface area (Å²) in [5, 5.41) is 14.5. The average molecular weight is 644 g/mol. The van der Waals surface area contributed by atoms with Crippen LogP contribution in [0.4, 0.5) is 0 Å². The van der Waals surface area contributed by atoms with Crippen LogP contribution in [0.15, 0.2) is 84.9 Å². The minimum atomic E-state index is -3.65. The molecule has 7 rings (SSSR count). The van der Waals surface area contributed by atoms with Gasteiger partial charge >= 0.3 is 0 Å². The van der Waals surface area contributed by atoms with Gasteiger partial charge in [-0.2, -0.15) is 0 Å². The number of nitrogens with one attached hydrogen (secondary N) is 2. The fourth-order valence-electron chi connectivity index (χ4n) is 6.42. The largest absolute Gasteiger partial charge is 0.323 e. The number of imidazole rings is 1. The molecule has 10 nitrogen and oxygen atoms in total. The lowest BCUT2D eigenvalue weighted by atomic mass is 9.92. The number of carbonyl (C=O) groups is 1. The van der Waals surface area contributed by atoms with Crippen molar-refractivity contribution in [3.05, 3.63) is 130 Å². The lowest BCUT2D eigenvalue weighted by Gasteiger charge is -2.15. The van der Waals surface area contributed by atoms with E-state index in [4.69, 9.17) is 4.98 Å². The fraction of sp³-hybridized carbons (Fsp3) is 0.194. The highest BCUT2D eigenvalue weighted by Crippen LogP contribution is 2.36. The first-order valence-corrected chi connectivity index (χ1v) is 17.3. The third-order valence-electron chi connectivity index (χ3n) is 8.52. The molecular formula is C36H33N7O3S. The summed E-state index contributed by atoms with van der Waals surface area (Å²) in [6.45, 7) is 2.58. The number of tetrazole rings is 1. The molecule has 0 atom stereocenters. The number of carbonyl (C=O) groups excluding carboxylic acids is 1. The third-order valence-corrected chi connectivity index (χ3v) is 9.12. The molecule has 0 bridgehead atoms. The lowest BCUT2D eigenvalue weighted by molar-refractivity contribution is -0.119. The van der Waals surface area contributed by atoms with Crippen molar-refractivity contribution in [2.75, 3.05) is 6.26 Å². The van der Waals surface area contributed by atoms with Gasteiger partial charge < -0.3 is 4.57 Å². The number of hydrogen-bond acceptors (Lipinski definition) is 7. The first-order valence-electron chi connectivity index (χ1n) is 15.4. The maximum atomic E-state index is 12.5. The number of sulfonamides is 1. The Kier molecular flexibility index (Phi) is 7.98. The van der Waals surface area contributed by atoms with E-state index >= 15 is 0 Å². The molecule has 47 heavy (non-hydrogen) atoms. The second-order valence-electron chi connectivity index (χ2n) is 11.9. The standard InChI is InChI=1S/C36H33N7O3S/c1-23-18-28(25-8-4-3-5-9-25)20-32-36(23)37-34(16-17-35(44)40-47(2,45)46)43(32)22-24-12-15-30-27(19-24)14-13-26-10-6-7-11-29(26)31(30)21-33-38-41-42-39-33/h3-12,15,18-21H,13-14,16-17,22H2,1-2H3,(H,40,44)(H,38,39,41,42)/b31-21+. The topological polar surface area (TPSA) is 136 Å². The minimum Gasteiger partial charge on any atom is -0.323 e. The summed E-state index contributed by atoms with van der Waals surface area (Å²) in [7, 11) is -3.65. The molecule has 0 fully saturated rings. The number of aryl methyl sites for hydroxylation is 4. The lowest BCUT2D eigenvalue weighted by Crippen LogP contribution is -2.29. The summed E-state index contributed by atoms with van der Waals surface area (Å²) < 4.78 is 27.6. The van der Waals surface area contributed by atoms with E-state index in [0.717, 1.165) is 74.9 Å². The van der Waals surface area contributed by atoms with Crippen LogP contribution in [0.2, 0.25) is 0 Å². The van der Waals surface area contributed by atoms with Crippen LogP contribution in [-0.2, 0) is 40.6 Å². The van der Waals surface area contributed by atoms with Crippen molar-refractivity contribution in [1.29, 1.82) is 0 Å². The van der Waals surface area contributed by atoms with Crippen molar-refractivity contribution in [3.63, 3.8) is 0 Å². The number of amides is 1. The number of rotatable bonds is 8. The van der Waals surface area contributed by atoms with E-state index in [2.05, 4.69) is 96.6 Å². The second-order valence-corrected chi connectivity index (χ2v) is 13.7. The molecule has 0 saturated carbocycles. The van der Waals surface area contributed by atoms with Gasteiger partial charge in [0, 0.05) is 19.4 Å². The zero-order valence-electron chi connectivity index (χ0n) is 26.1. The molecule has 4 aromatic carbocycles. The molecular weight excluding hydrogens is 611 g/mol. The number of fused-ring (bicyclic) bond motifs is 3. The summed E-state index contributed by atoms with van der Waals surface area (Å²) in [5.41, 5.74) is 12.0. The fourth-order valence-corrected chi connectivity index (χ4v) is 6.94. The van der Waals surface area contributed by atoms with E-state index in [-0.39, 0.29) is 12.8 Å². The van der Waals surface area contributed by atoms with Crippen molar-refractivity contribution in [1.82, 2.24) is 34.9 Å². The molecule has 0 aliphatic heterocycles. The number of benzene rings is 4. The van der Waals surface area contributed by atoms with Gasteiger partial charge in [-0.3, -0.25) is 9.52 Å². The number of nitrogens with zero attached hydrogens (tertiary/aromatic N) is 5. The minimum absolute atomic E-state index is 0.00588. The van der Waals surface area contributed by atoms with E-state index < -0.39 is 15.9 Å². The van der Waals surface area contributed by atoms with E-state index in [1.54, 1.807) is 0 Å². The van der Waals surface area contributed by atoms with Crippen LogP contribution in [-0.4, -0.2) is 50.8 Å². The molecule has 0 spiro atoms. The van der Waals surface area contributed by atoms with Gasteiger partial charge in [-0.1, -0.05) is 72.8 Å². The summed E-state index contributed by atoms with van der Waals surface area (Å²) in [6, 6.07) is 29.5. The quantitative estimate of drug-likeness (QED) is 0.231. The van der Waals surface area contributed by atoms with Crippen LogP contribution in [0.5, 0.6) is 0 Å². The van der Waals surface area contributed by atoms with Gasteiger partial charge in [0.05, 0.1) is 17.3 Å². The van der Waals surface area contributed by atoms with Crippen LogP contribution in [0.3, 0.4) is 0 Å². The average Bonchev–Trinajstić information content (AvgIpc) is 3.66. The Balaban J connectivity index is 1.30. The summed E-state index contributed by atoms with van der Waals surface area (Å²) in [4.78, 5) is 17.5. The number of hydrogen-bond donors (Lipinski definition) is 2. The van der Waals surface area contributed by atoms with Crippen molar-refractivity contribution in [2.24, 2.45) is 0 Å². The van der Waals surface area contributed by atoms with Gasteiger partial charge in [-0.05, 0) is 98.5 Å². The number of aromatic nitrogens is 6. The monoisotopic (exact) mass is 643 g/mol. The Morgan fingerprint density at radius 3 is 2.49 bits per heavy atom. The highest BCUT2D eigenvalue weighted by atomic mass is 32.2. The summed E-state index contributed by atoms with van der Waals surface area (Å²) in [6.07, 6.45) is 5.02. The Morgan fingerprint density at radius 1 is 0.936 bits per heavy atom. The maximum absolute atomic E-state index is 12.5.